The normalized spacial score (nSPS) is 25.6. The van der Waals surface area contributed by atoms with E-state index in [0.717, 1.165) is 5.56 Å². The van der Waals surface area contributed by atoms with Crippen molar-refractivity contribution in [3.8, 4) is 0 Å². The molecule has 2 heterocycles. The molecule has 0 aromatic heterocycles. The number of carbonyl (C=O) groups excluding carboxylic acids is 3. The molecule has 24 heavy (non-hydrogen) atoms. The molecule has 3 N–H and O–H groups in total. The molecule has 128 valence electrons. The molecule has 2 saturated heterocycles. The Morgan fingerprint density at radius 2 is 1.96 bits per heavy atom. The largest absolute Gasteiger partial charge is 0.325 e. The van der Waals surface area contributed by atoms with E-state index in [4.69, 9.17) is 0 Å². The fourth-order valence-electron chi connectivity index (χ4n) is 2.91. The van der Waals surface area contributed by atoms with Gasteiger partial charge in [-0.15, -0.1) is 0 Å². The van der Waals surface area contributed by atoms with Crippen LogP contribution in [0.25, 0.3) is 0 Å². The SMILES string of the molecule is O=C1CC(Cc2ccc(NC(=O)C3CC(F)(F)CN3)cc2)C(=O)N1. The van der Waals surface area contributed by atoms with Gasteiger partial charge in [0.1, 0.15) is 0 Å². The maximum atomic E-state index is 13.1. The van der Waals surface area contributed by atoms with Gasteiger partial charge in [-0.25, -0.2) is 8.78 Å². The van der Waals surface area contributed by atoms with Gasteiger partial charge in [0.25, 0.3) is 5.92 Å². The second kappa shape index (κ2) is 6.27. The summed E-state index contributed by atoms with van der Waals surface area (Å²) in [6.07, 6.45) is 0.100. The van der Waals surface area contributed by atoms with Crippen molar-refractivity contribution in [2.24, 2.45) is 5.92 Å². The summed E-state index contributed by atoms with van der Waals surface area (Å²) in [5.74, 6) is -4.27. The molecule has 1 aromatic rings. The van der Waals surface area contributed by atoms with E-state index in [1.807, 2.05) is 0 Å². The van der Waals surface area contributed by atoms with E-state index in [1.54, 1.807) is 24.3 Å². The number of halogens is 2. The summed E-state index contributed by atoms with van der Waals surface area (Å²) in [6, 6.07) is 5.86. The minimum absolute atomic E-state index is 0.179. The van der Waals surface area contributed by atoms with Crippen molar-refractivity contribution in [3.05, 3.63) is 29.8 Å². The van der Waals surface area contributed by atoms with Crippen molar-refractivity contribution in [1.29, 1.82) is 0 Å². The first kappa shape index (κ1) is 16.5. The van der Waals surface area contributed by atoms with E-state index in [0.29, 0.717) is 12.1 Å². The fourth-order valence-corrected chi connectivity index (χ4v) is 2.91. The fraction of sp³-hybridized carbons (Fsp3) is 0.438. The third kappa shape index (κ3) is 3.76. The van der Waals surface area contributed by atoms with Gasteiger partial charge in [0.15, 0.2) is 0 Å². The zero-order valence-electron chi connectivity index (χ0n) is 12.8. The highest BCUT2D eigenvalue weighted by Gasteiger charge is 2.42. The summed E-state index contributed by atoms with van der Waals surface area (Å²) < 4.78 is 26.2. The molecule has 2 aliphatic rings. The smallest absolute Gasteiger partial charge is 0.262 e. The van der Waals surface area contributed by atoms with Crippen LogP contribution in [0.3, 0.4) is 0 Å². The summed E-state index contributed by atoms with van der Waals surface area (Å²) in [7, 11) is 0. The lowest BCUT2D eigenvalue weighted by atomic mass is 9.98. The Morgan fingerprint density at radius 3 is 2.50 bits per heavy atom. The molecule has 6 nitrogen and oxygen atoms in total. The predicted octanol–water partition coefficient (Wildman–Crippen LogP) is 0.827. The van der Waals surface area contributed by atoms with Crippen LogP contribution in [0.1, 0.15) is 18.4 Å². The monoisotopic (exact) mass is 337 g/mol. The first-order chi connectivity index (χ1) is 11.3. The Hall–Kier alpha value is -2.35. The Morgan fingerprint density at radius 1 is 1.25 bits per heavy atom. The number of hydrogen-bond donors (Lipinski definition) is 3. The van der Waals surface area contributed by atoms with Gasteiger partial charge in [-0.05, 0) is 24.1 Å². The number of hydrogen-bond acceptors (Lipinski definition) is 4. The minimum atomic E-state index is -2.86. The van der Waals surface area contributed by atoms with Crippen LogP contribution in [0.15, 0.2) is 24.3 Å². The molecular formula is C16H17F2N3O3. The number of imide groups is 1. The zero-order valence-corrected chi connectivity index (χ0v) is 12.8. The molecule has 2 fully saturated rings. The van der Waals surface area contributed by atoms with Crippen LogP contribution in [-0.2, 0) is 20.8 Å². The van der Waals surface area contributed by atoms with Gasteiger partial charge in [-0.1, -0.05) is 12.1 Å². The number of rotatable bonds is 4. The lowest BCUT2D eigenvalue weighted by Crippen LogP contribution is -2.35. The molecule has 8 heteroatoms. The van der Waals surface area contributed by atoms with Crippen molar-refractivity contribution < 1.29 is 23.2 Å². The van der Waals surface area contributed by atoms with Crippen LogP contribution in [-0.4, -0.2) is 36.2 Å². The second-order valence-electron chi connectivity index (χ2n) is 6.20. The summed E-state index contributed by atoms with van der Waals surface area (Å²) in [5, 5.41) is 7.35. The first-order valence-electron chi connectivity index (χ1n) is 7.67. The van der Waals surface area contributed by atoms with Gasteiger partial charge in [0.05, 0.1) is 18.5 Å². The van der Waals surface area contributed by atoms with Crippen LogP contribution in [0, 0.1) is 5.92 Å². The number of alkyl halides is 2. The average Bonchev–Trinajstić information content (AvgIpc) is 3.03. The summed E-state index contributed by atoms with van der Waals surface area (Å²) in [4.78, 5) is 34.7. The van der Waals surface area contributed by atoms with Crippen molar-refractivity contribution in [3.63, 3.8) is 0 Å². The maximum Gasteiger partial charge on any atom is 0.262 e. The van der Waals surface area contributed by atoms with Crippen molar-refractivity contribution in [2.45, 2.75) is 31.2 Å². The van der Waals surface area contributed by atoms with Crippen LogP contribution >= 0.6 is 0 Å². The van der Waals surface area contributed by atoms with Crippen LogP contribution in [0.5, 0.6) is 0 Å². The highest BCUT2D eigenvalue weighted by molar-refractivity contribution is 6.03. The second-order valence-corrected chi connectivity index (χ2v) is 6.20. The third-order valence-corrected chi connectivity index (χ3v) is 4.20. The van der Waals surface area contributed by atoms with E-state index >= 15 is 0 Å². The van der Waals surface area contributed by atoms with Gasteiger partial charge < -0.3 is 5.32 Å². The quantitative estimate of drug-likeness (QED) is 0.710. The molecule has 3 amide bonds. The zero-order chi connectivity index (χ0) is 17.3. The summed E-state index contributed by atoms with van der Waals surface area (Å²) >= 11 is 0. The number of carbonyl (C=O) groups is 3. The molecule has 0 bridgehead atoms. The van der Waals surface area contributed by atoms with E-state index in [-0.39, 0.29) is 24.2 Å². The average molecular weight is 337 g/mol. The Balaban J connectivity index is 1.56. The van der Waals surface area contributed by atoms with Crippen molar-refractivity contribution in [2.75, 3.05) is 11.9 Å². The van der Waals surface area contributed by atoms with Crippen LogP contribution in [0.4, 0.5) is 14.5 Å². The summed E-state index contributed by atoms with van der Waals surface area (Å²) in [5.41, 5.74) is 1.35. The molecule has 2 aliphatic heterocycles. The highest BCUT2D eigenvalue weighted by atomic mass is 19.3. The Labute approximate surface area is 137 Å². The highest BCUT2D eigenvalue weighted by Crippen LogP contribution is 2.26. The van der Waals surface area contributed by atoms with Gasteiger partial charge in [-0.2, -0.15) is 0 Å². The Bertz CT molecular complexity index is 676. The molecule has 2 atom stereocenters. The minimum Gasteiger partial charge on any atom is -0.325 e. The maximum absolute atomic E-state index is 13.1. The number of nitrogens with one attached hydrogen (secondary N) is 3. The number of amides is 3. The van der Waals surface area contributed by atoms with Gasteiger partial charge >= 0.3 is 0 Å². The standard InChI is InChI=1S/C16H17F2N3O3/c17-16(18)7-12(19-8-16)15(24)20-11-3-1-9(2-4-11)5-10-6-13(22)21-14(10)23/h1-4,10,12,19H,5-8H2,(H,20,24)(H,21,22,23). The van der Waals surface area contributed by atoms with Gasteiger partial charge in [0.2, 0.25) is 17.7 Å². The molecule has 3 rings (SSSR count). The topological polar surface area (TPSA) is 87.3 Å². The molecule has 0 spiro atoms. The van der Waals surface area contributed by atoms with E-state index < -0.39 is 30.8 Å². The summed E-state index contributed by atoms with van der Waals surface area (Å²) in [6.45, 7) is -0.494. The molecule has 2 unspecified atom stereocenters. The molecule has 0 radical (unpaired) electrons. The first-order valence-corrected chi connectivity index (χ1v) is 7.67. The van der Waals surface area contributed by atoms with Crippen LogP contribution in [0.2, 0.25) is 0 Å². The lowest BCUT2D eigenvalue weighted by Gasteiger charge is -2.12. The lowest BCUT2D eigenvalue weighted by molar-refractivity contribution is -0.125. The third-order valence-electron chi connectivity index (χ3n) is 4.20. The molecule has 1 aromatic carbocycles. The van der Waals surface area contributed by atoms with Crippen molar-refractivity contribution >= 4 is 23.4 Å². The van der Waals surface area contributed by atoms with E-state index in [2.05, 4.69) is 16.0 Å². The van der Waals surface area contributed by atoms with Crippen LogP contribution < -0.4 is 16.0 Å². The molecule has 0 aliphatic carbocycles. The van der Waals surface area contributed by atoms with E-state index in [9.17, 15) is 23.2 Å². The number of benzene rings is 1. The Kier molecular flexibility index (Phi) is 4.31. The van der Waals surface area contributed by atoms with Gasteiger partial charge in [0, 0.05) is 18.5 Å². The number of anilines is 1. The molecular weight excluding hydrogens is 320 g/mol. The predicted molar refractivity (Wildman–Crippen MR) is 81.4 cm³/mol. The van der Waals surface area contributed by atoms with Gasteiger partial charge in [-0.3, -0.25) is 25.0 Å². The van der Waals surface area contributed by atoms with Crippen molar-refractivity contribution in [1.82, 2.24) is 10.6 Å². The molecule has 0 saturated carbocycles. The van der Waals surface area contributed by atoms with E-state index in [1.165, 1.54) is 0 Å².